The van der Waals surface area contributed by atoms with Crippen molar-refractivity contribution < 1.29 is 73.8 Å². The summed E-state index contributed by atoms with van der Waals surface area (Å²) in [5, 5.41) is 1.29. The Morgan fingerprint density at radius 2 is 0.260 bits per heavy atom. The molecule has 0 atom stereocenters. The summed E-state index contributed by atoms with van der Waals surface area (Å²) in [6.45, 7) is 12.6. The maximum Gasteiger partial charge on any atom is 2.00 e. The summed E-state index contributed by atoms with van der Waals surface area (Å²) in [6.07, 6.45) is 11.1. The van der Waals surface area contributed by atoms with Gasteiger partial charge in [-0.2, -0.15) is 0 Å². The van der Waals surface area contributed by atoms with Crippen molar-refractivity contribution in [2.75, 3.05) is 0 Å². The van der Waals surface area contributed by atoms with Crippen molar-refractivity contribution in [1.82, 2.24) is 29.9 Å². The largest absolute Gasteiger partial charge is 2.00 e. The van der Waals surface area contributed by atoms with E-state index < -0.39 is 14.6 Å². The van der Waals surface area contributed by atoms with Crippen LogP contribution in [0.3, 0.4) is 0 Å². The van der Waals surface area contributed by atoms with E-state index in [9.17, 15) is 0 Å². The van der Waals surface area contributed by atoms with Gasteiger partial charge in [0.05, 0.1) is 33.1 Å². The first-order valence-corrected chi connectivity index (χ1v) is 47.7. The van der Waals surface area contributed by atoms with Gasteiger partial charge in [0.2, 0.25) is 0 Å². The van der Waals surface area contributed by atoms with Crippen LogP contribution in [-0.2, 0) is 19.5 Å². The molecule has 18 nitrogen and oxygen atoms in total. The average molecular weight is 2260 g/mol. The summed E-state index contributed by atoms with van der Waals surface area (Å²) < 4.78 is 73.7. The Kier molecular flexibility index (Phi) is 23.8. The van der Waals surface area contributed by atoms with Gasteiger partial charge in [-0.3, -0.25) is 29.9 Å². The molecule has 9 aromatic carbocycles. The molecule has 45 heteroatoms. The van der Waals surface area contributed by atoms with Crippen LogP contribution in [0.25, 0.3) is 65.4 Å². The van der Waals surface area contributed by atoms with Crippen LogP contribution in [0.15, 0.2) is 110 Å². The zero-order valence-electron chi connectivity index (χ0n) is 61.3. The Morgan fingerprint density at radius 3 is 0.358 bits per heavy atom. The molecule has 2 spiro atoms. The predicted octanol–water partition coefficient (Wildman–Crippen LogP) is 35.8. The van der Waals surface area contributed by atoms with Crippen LogP contribution in [0.4, 0.5) is 0 Å². The Bertz CT molecular complexity index is 6010. The number of nitrogens with zero attached hydrogens (tertiary/aromatic N) is 6. The molecule has 0 radical (unpaired) electrons. The Balaban J connectivity index is 0.000000120. The molecular formula is C78H36Cl24N6O12P2Ru. The van der Waals surface area contributed by atoms with Gasteiger partial charge >= 0.3 is 556 Å². The summed E-state index contributed by atoms with van der Waals surface area (Å²) in [4.78, 5) is 26.7. The van der Waals surface area contributed by atoms with E-state index in [1.165, 1.54) is 65.7 Å². The third-order valence-corrected chi connectivity index (χ3v) is 36.9. The van der Waals surface area contributed by atoms with E-state index in [4.69, 9.17) is 333 Å². The maximum absolute atomic E-state index is 6.81. The molecule has 0 saturated heterocycles. The average Bonchev–Trinajstić information content (AvgIpc) is 1.46. The summed E-state index contributed by atoms with van der Waals surface area (Å²) in [5.41, 5.74) is 13.5. The monoisotopic (exact) mass is 2250 g/mol. The van der Waals surface area contributed by atoms with Gasteiger partial charge in [-0.1, -0.05) is 36.4 Å². The van der Waals surface area contributed by atoms with E-state index in [1.807, 2.05) is 73.6 Å². The summed E-state index contributed by atoms with van der Waals surface area (Å²) in [7, 11) is -13.6. The quantitative estimate of drug-likeness (QED) is 0.0458. The number of aromatic nitrogens is 6. The second kappa shape index (κ2) is 31.9. The van der Waals surface area contributed by atoms with E-state index in [1.54, 1.807) is 0 Å². The van der Waals surface area contributed by atoms with Crippen LogP contribution in [0.2, 0.25) is 121 Å². The second-order valence-corrected chi connectivity index (χ2v) is 42.9. The molecule has 636 valence electrons. The SMILES string of the molecule is Cc1ccnc2c1ccc1c(C)ccnc12.Cc1ccnc2c1ccc1c(C)ccnc12.Cc1ccnc2c1ccc1c(C)ccnc12.Clc1c(Cl)c(Cl)c2c(c1Cl)O[P-]13(O2)(Oc2c(Cl)c(Cl)c(Cl)c(Cl)c2O1)Oc1c(Cl)c(Cl)c(Cl)c(Cl)c1O3.Clc1c(Cl)c(Cl)c2c(c1Cl)O[P-]13(O2)(Oc2c(Cl)c(Cl)c(Cl)c(Cl)c2O1)Oc1c(Cl)c(Cl)c(Cl)c(Cl)c1O3.[Ru+2]. The molecule has 12 heterocycles. The fraction of sp³-hybridized carbons (Fsp3) is 0.0769. The fourth-order valence-electron chi connectivity index (χ4n) is 13.6. The van der Waals surface area contributed by atoms with Crippen LogP contribution in [0.1, 0.15) is 33.4 Å². The van der Waals surface area contributed by atoms with Gasteiger partial charge in [0, 0.05) is 69.5 Å². The first-order valence-electron chi connectivity index (χ1n) is 34.3. The first kappa shape index (κ1) is 91.8. The summed E-state index contributed by atoms with van der Waals surface area (Å²) >= 11 is 152. The van der Waals surface area contributed by atoms with E-state index in [0.29, 0.717) is 0 Å². The number of benzene rings is 9. The molecule has 6 aromatic heterocycles. The number of pyridine rings is 6. The van der Waals surface area contributed by atoms with Gasteiger partial charge in [-0.05, 0) is 111 Å². The molecule has 0 unspecified atom stereocenters. The third-order valence-electron chi connectivity index (χ3n) is 19.6. The standard InChI is InChI=1S/2C18Cl12O6P.3C14H12N2.Ru/c2*19-1-2(20)8(26)14-13(7(1)25)31-37(32-14,33-15-9(27)3(21)4(22)10(28)16(15)34-37)35-17-11(29)5(23)6(24)12(30)18(17)36-37;3*1-9-5-7-15-13-11(9)3-4-12-10(2)6-8-16-14(12)13;/h;;3*3-8H,1-2H3;/q2*-1;;;;+2. The number of fused-ring (bicyclic) bond motifs is 15. The van der Waals surface area contributed by atoms with E-state index >= 15 is 0 Å². The Morgan fingerprint density at radius 1 is 0.163 bits per heavy atom. The molecule has 6 aliphatic rings. The number of hydrogen-bond acceptors (Lipinski definition) is 18. The number of aryl methyl sites for hydroxylation is 6. The minimum Gasteiger partial charge on any atom is 2.00 e. The van der Waals surface area contributed by atoms with Crippen LogP contribution in [-0.4, -0.2) is 29.9 Å². The maximum atomic E-state index is 6.42. The molecule has 123 heavy (non-hydrogen) atoms. The van der Waals surface area contributed by atoms with E-state index in [2.05, 4.69) is 108 Å². The van der Waals surface area contributed by atoms with E-state index in [0.717, 1.165) is 33.1 Å². The zero-order valence-corrected chi connectivity index (χ0v) is 83.0. The smallest absolute Gasteiger partial charge is 2.00 e. The van der Waals surface area contributed by atoms with Crippen molar-refractivity contribution in [2.45, 2.75) is 41.5 Å². The molecule has 0 fully saturated rings. The van der Waals surface area contributed by atoms with E-state index in [-0.39, 0.29) is 209 Å². The molecule has 21 rings (SSSR count). The van der Waals surface area contributed by atoms with Gasteiger partial charge in [0.15, 0.2) is 0 Å². The molecule has 0 bridgehead atoms. The van der Waals surface area contributed by atoms with Crippen LogP contribution < -0.4 is 54.3 Å². The zero-order chi connectivity index (χ0) is 87.4. The molecular weight excluding hydrogens is 2230 g/mol. The van der Waals surface area contributed by atoms with Gasteiger partial charge in [0.1, 0.15) is 0 Å². The van der Waals surface area contributed by atoms with Gasteiger partial charge in [0.25, 0.3) is 0 Å². The van der Waals surface area contributed by atoms with Crippen molar-refractivity contribution in [1.29, 1.82) is 0 Å². The van der Waals surface area contributed by atoms with Crippen molar-refractivity contribution in [2.24, 2.45) is 0 Å². The Labute approximate surface area is 827 Å². The third kappa shape index (κ3) is 14.0. The van der Waals surface area contributed by atoms with Crippen molar-refractivity contribution in [3.05, 3.63) is 264 Å². The summed E-state index contributed by atoms with van der Waals surface area (Å²) in [5.74, 6) is -4.27. The van der Waals surface area contributed by atoms with Crippen LogP contribution in [0.5, 0.6) is 69.0 Å². The topological polar surface area (TPSA) is 188 Å². The van der Waals surface area contributed by atoms with Gasteiger partial charge in [-0.15, -0.1) is 0 Å². The second-order valence-electron chi connectivity index (χ2n) is 27.2. The van der Waals surface area contributed by atoms with Gasteiger partial charge in [-0.25, -0.2) is 0 Å². The van der Waals surface area contributed by atoms with Crippen molar-refractivity contribution in [3.63, 3.8) is 0 Å². The molecule has 0 saturated carbocycles. The molecule has 0 N–H and O–H groups in total. The molecule has 0 aliphatic carbocycles. The van der Waals surface area contributed by atoms with Crippen LogP contribution >= 0.6 is 293 Å². The normalized spacial score (nSPS) is 16.4. The van der Waals surface area contributed by atoms with Gasteiger partial charge < -0.3 is 0 Å². The molecule has 0 amide bonds. The van der Waals surface area contributed by atoms with Crippen LogP contribution in [0, 0.1) is 41.5 Å². The predicted molar refractivity (Wildman–Crippen MR) is 500 cm³/mol. The van der Waals surface area contributed by atoms with Crippen molar-refractivity contribution in [3.8, 4) is 69.0 Å². The van der Waals surface area contributed by atoms with Crippen molar-refractivity contribution >= 4 is 358 Å². The minimum absolute atomic E-state index is 0. The molecule has 15 aromatic rings. The minimum atomic E-state index is -6.81. The number of hydrogen-bond donors (Lipinski definition) is 0. The fourth-order valence-corrected chi connectivity index (χ4v) is 27.3. The Hall–Kier alpha value is -4.52. The summed E-state index contributed by atoms with van der Waals surface area (Å²) in [6, 6.07) is 25.0. The number of halogens is 24. The molecule has 6 aliphatic heterocycles. The number of rotatable bonds is 0. The first-order chi connectivity index (χ1) is 57.5.